The fourth-order valence-electron chi connectivity index (χ4n) is 2.31. The lowest BCUT2D eigenvalue weighted by atomic mass is 9.82. The molecule has 1 fully saturated rings. The second kappa shape index (κ2) is 5.28. The van der Waals surface area contributed by atoms with Gasteiger partial charge in [0.1, 0.15) is 4.60 Å². The SMILES string of the molecule is CC1(C(=O)O)CCCN(C(=O)c2ccnc(Br)c2)C1. The molecule has 1 saturated heterocycles. The number of hydrogen-bond acceptors (Lipinski definition) is 3. The quantitative estimate of drug-likeness (QED) is 0.845. The highest BCUT2D eigenvalue weighted by atomic mass is 79.9. The number of piperidine rings is 1. The second-order valence-corrected chi connectivity index (χ2v) is 5.88. The third-order valence-electron chi connectivity index (χ3n) is 3.47. The van der Waals surface area contributed by atoms with Crippen molar-refractivity contribution >= 4 is 27.8 Å². The molecule has 2 rings (SSSR count). The molecule has 1 atom stereocenters. The van der Waals surface area contributed by atoms with Gasteiger partial charge < -0.3 is 10.0 Å². The first kappa shape index (κ1) is 14.0. The van der Waals surface area contributed by atoms with Crippen molar-refractivity contribution < 1.29 is 14.7 Å². The van der Waals surface area contributed by atoms with Crippen molar-refractivity contribution in [2.75, 3.05) is 13.1 Å². The Kier molecular flexibility index (Phi) is 3.89. The molecule has 2 heterocycles. The maximum atomic E-state index is 12.3. The number of hydrogen-bond donors (Lipinski definition) is 1. The molecule has 6 heteroatoms. The Morgan fingerprint density at radius 3 is 2.89 bits per heavy atom. The number of carbonyl (C=O) groups is 2. The van der Waals surface area contributed by atoms with Gasteiger partial charge in [0.25, 0.3) is 5.91 Å². The highest BCUT2D eigenvalue weighted by Crippen LogP contribution is 2.30. The number of halogens is 1. The minimum atomic E-state index is -0.849. The van der Waals surface area contributed by atoms with Crippen LogP contribution < -0.4 is 0 Å². The second-order valence-electron chi connectivity index (χ2n) is 5.06. The van der Waals surface area contributed by atoms with Gasteiger partial charge in [-0.15, -0.1) is 0 Å². The zero-order valence-corrected chi connectivity index (χ0v) is 12.2. The number of likely N-dealkylation sites (tertiary alicyclic amines) is 1. The summed E-state index contributed by atoms with van der Waals surface area (Å²) in [6.45, 7) is 2.54. The van der Waals surface area contributed by atoms with Crippen molar-refractivity contribution in [3.63, 3.8) is 0 Å². The maximum Gasteiger partial charge on any atom is 0.311 e. The molecule has 0 spiro atoms. The summed E-state index contributed by atoms with van der Waals surface area (Å²) in [5.74, 6) is -0.990. The lowest BCUT2D eigenvalue weighted by Crippen LogP contribution is -2.48. The Labute approximate surface area is 119 Å². The molecule has 102 valence electrons. The fraction of sp³-hybridized carbons (Fsp3) is 0.462. The third-order valence-corrected chi connectivity index (χ3v) is 3.91. The molecule has 0 aromatic carbocycles. The molecule has 19 heavy (non-hydrogen) atoms. The number of rotatable bonds is 2. The van der Waals surface area contributed by atoms with Crippen LogP contribution in [0.4, 0.5) is 0 Å². The Morgan fingerprint density at radius 2 is 2.26 bits per heavy atom. The molecule has 1 aliphatic heterocycles. The minimum Gasteiger partial charge on any atom is -0.481 e. The van der Waals surface area contributed by atoms with Crippen molar-refractivity contribution in [3.05, 3.63) is 28.5 Å². The highest BCUT2D eigenvalue weighted by molar-refractivity contribution is 9.10. The van der Waals surface area contributed by atoms with E-state index in [-0.39, 0.29) is 12.5 Å². The van der Waals surface area contributed by atoms with Gasteiger partial charge in [-0.3, -0.25) is 9.59 Å². The van der Waals surface area contributed by atoms with Crippen molar-refractivity contribution in [1.29, 1.82) is 0 Å². The van der Waals surface area contributed by atoms with E-state index in [1.54, 1.807) is 30.2 Å². The van der Waals surface area contributed by atoms with E-state index >= 15 is 0 Å². The van der Waals surface area contributed by atoms with Crippen LogP contribution in [-0.4, -0.2) is 40.0 Å². The van der Waals surface area contributed by atoms with Crippen LogP contribution in [0.5, 0.6) is 0 Å². The number of nitrogens with zero attached hydrogens (tertiary/aromatic N) is 2. The van der Waals surface area contributed by atoms with E-state index in [0.717, 1.165) is 0 Å². The number of amides is 1. The first-order valence-corrected chi connectivity index (χ1v) is 6.86. The molecule has 1 aliphatic rings. The van der Waals surface area contributed by atoms with Gasteiger partial charge in [0.2, 0.25) is 0 Å². The molecule has 1 aromatic rings. The molecule has 0 saturated carbocycles. The summed E-state index contributed by atoms with van der Waals surface area (Å²) in [5.41, 5.74) is -0.324. The van der Waals surface area contributed by atoms with Crippen LogP contribution in [0.25, 0.3) is 0 Å². The van der Waals surface area contributed by atoms with Gasteiger partial charge in [-0.1, -0.05) is 0 Å². The van der Waals surface area contributed by atoms with E-state index in [2.05, 4.69) is 20.9 Å². The van der Waals surface area contributed by atoms with Crippen molar-refractivity contribution in [2.24, 2.45) is 5.41 Å². The summed E-state index contributed by atoms with van der Waals surface area (Å²) in [6.07, 6.45) is 2.87. The lowest BCUT2D eigenvalue weighted by Gasteiger charge is -2.37. The Balaban J connectivity index is 2.18. The molecule has 0 aliphatic carbocycles. The van der Waals surface area contributed by atoms with Crippen LogP contribution >= 0.6 is 15.9 Å². The van der Waals surface area contributed by atoms with E-state index in [1.807, 2.05) is 0 Å². The maximum absolute atomic E-state index is 12.3. The fourth-order valence-corrected chi connectivity index (χ4v) is 2.67. The molecule has 1 aromatic heterocycles. The number of pyridine rings is 1. The van der Waals surface area contributed by atoms with Gasteiger partial charge in [0.15, 0.2) is 0 Å². The van der Waals surface area contributed by atoms with E-state index in [4.69, 9.17) is 0 Å². The molecule has 1 unspecified atom stereocenters. The van der Waals surface area contributed by atoms with Gasteiger partial charge >= 0.3 is 5.97 Å². The number of aliphatic carboxylic acids is 1. The van der Waals surface area contributed by atoms with Crippen LogP contribution in [0.1, 0.15) is 30.1 Å². The number of carbonyl (C=O) groups excluding carboxylic acids is 1. The zero-order valence-electron chi connectivity index (χ0n) is 10.6. The predicted molar refractivity (Wildman–Crippen MR) is 72.8 cm³/mol. The van der Waals surface area contributed by atoms with Crippen LogP contribution in [0.3, 0.4) is 0 Å². The summed E-state index contributed by atoms with van der Waals surface area (Å²) < 4.78 is 0.594. The normalized spacial score (nSPS) is 23.2. The van der Waals surface area contributed by atoms with E-state index in [0.29, 0.717) is 29.6 Å². The topological polar surface area (TPSA) is 70.5 Å². The van der Waals surface area contributed by atoms with Gasteiger partial charge in [0, 0.05) is 24.8 Å². The first-order chi connectivity index (χ1) is 8.92. The van der Waals surface area contributed by atoms with Gasteiger partial charge in [0.05, 0.1) is 5.41 Å². The number of carboxylic acid groups (broad SMARTS) is 1. The number of aromatic nitrogens is 1. The first-order valence-electron chi connectivity index (χ1n) is 6.07. The van der Waals surface area contributed by atoms with E-state index in [1.165, 1.54) is 0 Å². The largest absolute Gasteiger partial charge is 0.481 e. The van der Waals surface area contributed by atoms with Crippen molar-refractivity contribution in [2.45, 2.75) is 19.8 Å². The van der Waals surface area contributed by atoms with Crippen LogP contribution in [0.15, 0.2) is 22.9 Å². The van der Waals surface area contributed by atoms with Crippen LogP contribution in [0, 0.1) is 5.41 Å². The summed E-state index contributed by atoms with van der Waals surface area (Å²) >= 11 is 3.22. The molecule has 1 N–H and O–H groups in total. The average molecular weight is 327 g/mol. The summed E-state index contributed by atoms with van der Waals surface area (Å²) in [4.78, 5) is 29.2. The average Bonchev–Trinajstić information content (AvgIpc) is 2.38. The van der Waals surface area contributed by atoms with Crippen molar-refractivity contribution in [1.82, 2.24) is 9.88 Å². The van der Waals surface area contributed by atoms with E-state index < -0.39 is 11.4 Å². The van der Waals surface area contributed by atoms with E-state index in [9.17, 15) is 14.7 Å². The third kappa shape index (κ3) is 2.94. The Bertz CT molecular complexity index is 520. The number of carboxylic acids is 1. The summed E-state index contributed by atoms with van der Waals surface area (Å²) in [7, 11) is 0. The smallest absolute Gasteiger partial charge is 0.311 e. The molecule has 1 amide bonds. The predicted octanol–water partition coefficient (Wildman–Crippen LogP) is 2.17. The zero-order chi connectivity index (χ0) is 14.0. The molecule has 0 radical (unpaired) electrons. The lowest BCUT2D eigenvalue weighted by molar-refractivity contribution is -0.150. The summed E-state index contributed by atoms with van der Waals surface area (Å²) in [5, 5.41) is 9.26. The monoisotopic (exact) mass is 326 g/mol. The van der Waals surface area contributed by atoms with Crippen LogP contribution in [0.2, 0.25) is 0 Å². The Morgan fingerprint density at radius 1 is 1.53 bits per heavy atom. The molecule has 0 bridgehead atoms. The Hall–Kier alpha value is -1.43. The standard InChI is InChI=1S/C13H15BrN2O3/c1-13(12(18)19)4-2-6-16(8-13)11(17)9-3-5-15-10(14)7-9/h3,5,7H,2,4,6,8H2,1H3,(H,18,19). The highest BCUT2D eigenvalue weighted by Gasteiger charge is 2.39. The van der Waals surface area contributed by atoms with Gasteiger partial charge in [-0.25, -0.2) is 4.98 Å². The van der Waals surface area contributed by atoms with Gasteiger partial charge in [-0.05, 0) is 47.8 Å². The minimum absolute atomic E-state index is 0.143. The summed E-state index contributed by atoms with van der Waals surface area (Å²) in [6, 6.07) is 3.29. The van der Waals surface area contributed by atoms with Crippen LogP contribution in [-0.2, 0) is 4.79 Å². The molecular weight excluding hydrogens is 312 g/mol. The van der Waals surface area contributed by atoms with Crippen molar-refractivity contribution in [3.8, 4) is 0 Å². The molecule has 5 nitrogen and oxygen atoms in total. The van der Waals surface area contributed by atoms with Gasteiger partial charge in [-0.2, -0.15) is 0 Å². The molecular formula is C13H15BrN2O3.